The first-order valence-electron chi connectivity index (χ1n) is 7.48. The monoisotopic (exact) mass is 377 g/mol. The highest BCUT2D eigenvalue weighted by molar-refractivity contribution is 7.80. The summed E-state index contributed by atoms with van der Waals surface area (Å²) in [6, 6.07) is 9.32. The maximum absolute atomic E-state index is 12.8. The van der Waals surface area contributed by atoms with Gasteiger partial charge < -0.3 is 18.9 Å². The molecule has 0 radical (unpaired) electrons. The van der Waals surface area contributed by atoms with E-state index in [9.17, 15) is 14.2 Å². The van der Waals surface area contributed by atoms with Crippen LogP contribution < -0.4 is 18.9 Å². The molecule has 136 valence electrons. The van der Waals surface area contributed by atoms with Gasteiger partial charge in [-0.25, -0.2) is 9.59 Å². The third-order valence-electron chi connectivity index (χ3n) is 3.65. The Hall–Kier alpha value is -2.92. The maximum atomic E-state index is 12.8. The van der Waals surface area contributed by atoms with Crippen molar-refractivity contribution in [1.82, 2.24) is 0 Å². The van der Waals surface area contributed by atoms with Gasteiger partial charge in [0.05, 0.1) is 28.4 Å². The highest BCUT2D eigenvalue weighted by Gasteiger charge is 2.45. The van der Waals surface area contributed by atoms with Crippen LogP contribution in [0.1, 0.15) is 20.7 Å². The summed E-state index contributed by atoms with van der Waals surface area (Å²) in [5.41, 5.74) is -1.90. The Morgan fingerprint density at radius 2 is 0.923 bits per heavy atom. The zero-order valence-corrected chi connectivity index (χ0v) is 15.7. The maximum Gasteiger partial charge on any atom is 0.502 e. The van der Waals surface area contributed by atoms with E-state index in [0.29, 0.717) is 0 Å². The molecule has 0 unspecified atom stereocenters. The lowest BCUT2D eigenvalue weighted by Gasteiger charge is -2.09. The topological polar surface area (TPSA) is 88.1 Å². The lowest BCUT2D eigenvalue weighted by atomic mass is 10.2. The molecule has 0 saturated heterocycles. The average Bonchev–Trinajstić information content (AvgIpc) is 2.70. The van der Waals surface area contributed by atoms with Crippen LogP contribution in [0.15, 0.2) is 36.4 Å². The van der Waals surface area contributed by atoms with Crippen LogP contribution in [0.25, 0.3) is 0 Å². The third kappa shape index (κ3) is 3.53. The molecule has 2 rings (SSSR count). The molecule has 8 heteroatoms. The van der Waals surface area contributed by atoms with E-state index in [1.165, 1.54) is 52.7 Å². The Labute approximate surface area is 151 Å². The minimum absolute atomic E-state index is 0.0548. The summed E-state index contributed by atoms with van der Waals surface area (Å²) in [4.78, 5) is 25.5. The lowest BCUT2D eigenvalue weighted by Crippen LogP contribution is -2.08. The second-order valence-corrected chi connectivity index (χ2v) is 6.38. The van der Waals surface area contributed by atoms with E-state index in [-0.39, 0.29) is 34.1 Å². The van der Waals surface area contributed by atoms with E-state index in [4.69, 9.17) is 18.9 Å². The fourth-order valence-electron chi connectivity index (χ4n) is 2.42. The Kier molecular flexibility index (Phi) is 6.31. The van der Waals surface area contributed by atoms with E-state index in [2.05, 4.69) is 0 Å². The first kappa shape index (κ1) is 19.4. The standard InChI is InChI=1S/C18H18O7P/c1-22-11-7-5-8-12(23-2)15(11)17(19)26(21)18(20)16-13(24-3)9-6-10-14(16)25-4/h5-10H,1-4H3/q+1. The van der Waals surface area contributed by atoms with Crippen LogP contribution in [-0.2, 0) is 4.57 Å². The molecule has 0 saturated carbocycles. The minimum atomic E-state index is -2.99. The minimum Gasteiger partial charge on any atom is -0.496 e. The predicted molar refractivity (Wildman–Crippen MR) is 95.4 cm³/mol. The van der Waals surface area contributed by atoms with E-state index in [0.717, 1.165) is 0 Å². The van der Waals surface area contributed by atoms with Gasteiger partial charge in [0.1, 0.15) is 23.0 Å². The average molecular weight is 377 g/mol. The van der Waals surface area contributed by atoms with Crippen LogP contribution in [-0.4, -0.2) is 39.5 Å². The molecule has 0 spiro atoms. The van der Waals surface area contributed by atoms with Gasteiger partial charge in [-0.3, -0.25) is 0 Å². The Morgan fingerprint density at radius 1 is 0.654 bits per heavy atom. The van der Waals surface area contributed by atoms with E-state index < -0.39 is 18.8 Å². The van der Waals surface area contributed by atoms with E-state index in [1.54, 1.807) is 12.1 Å². The Bertz CT molecular complexity index is 747. The molecular weight excluding hydrogens is 359 g/mol. The molecule has 0 amide bonds. The quantitative estimate of drug-likeness (QED) is 0.650. The van der Waals surface area contributed by atoms with Gasteiger partial charge in [0.25, 0.3) is 0 Å². The highest BCUT2D eigenvalue weighted by atomic mass is 31.1. The number of methoxy groups -OCH3 is 4. The number of hydrogen-bond acceptors (Lipinski definition) is 7. The SMILES string of the molecule is COc1cccc(OC)c1C(=O)[P+](=O)C(=O)c1c(OC)cccc1OC. The van der Waals surface area contributed by atoms with Crippen LogP contribution in [0.4, 0.5) is 0 Å². The third-order valence-corrected chi connectivity index (χ3v) is 4.84. The largest absolute Gasteiger partial charge is 0.502 e. The van der Waals surface area contributed by atoms with Crippen molar-refractivity contribution in [3.05, 3.63) is 47.5 Å². The van der Waals surface area contributed by atoms with Crippen LogP contribution in [0, 0.1) is 0 Å². The molecule has 0 atom stereocenters. The second-order valence-electron chi connectivity index (χ2n) is 4.98. The smallest absolute Gasteiger partial charge is 0.496 e. The van der Waals surface area contributed by atoms with Gasteiger partial charge in [-0.05, 0) is 24.3 Å². The molecule has 0 fully saturated rings. The number of benzene rings is 2. The molecule has 2 aromatic carbocycles. The van der Waals surface area contributed by atoms with Gasteiger partial charge in [0, 0.05) is 0 Å². The van der Waals surface area contributed by atoms with Gasteiger partial charge in [0.2, 0.25) is 0 Å². The van der Waals surface area contributed by atoms with Gasteiger partial charge in [-0.1, -0.05) is 16.7 Å². The van der Waals surface area contributed by atoms with Gasteiger partial charge in [-0.15, -0.1) is 0 Å². The summed E-state index contributed by atoms with van der Waals surface area (Å²) >= 11 is 0. The molecule has 7 nitrogen and oxygen atoms in total. The predicted octanol–water partition coefficient (Wildman–Crippen LogP) is 3.53. The molecule has 0 bridgehead atoms. The van der Waals surface area contributed by atoms with Crippen LogP contribution in [0.3, 0.4) is 0 Å². The highest BCUT2D eigenvalue weighted by Crippen LogP contribution is 2.42. The molecule has 0 aliphatic heterocycles. The number of carbonyl (C=O) groups excluding carboxylic acids is 2. The Balaban J connectivity index is 2.51. The van der Waals surface area contributed by atoms with Gasteiger partial charge in [0.15, 0.2) is 11.1 Å². The van der Waals surface area contributed by atoms with E-state index >= 15 is 0 Å². The van der Waals surface area contributed by atoms with Crippen molar-refractivity contribution >= 4 is 18.8 Å². The Morgan fingerprint density at radius 3 is 1.15 bits per heavy atom. The zero-order valence-electron chi connectivity index (χ0n) is 14.8. The van der Waals surface area contributed by atoms with Crippen molar-refractivity contribution in [2.45, 2.75) is 0 Å². The van der Waals surface area contributed by atoms with Crippen molar-refractivity contribution in [1.29, 1.82) is 0 Å². The second kappa shape index (κ2) is 8.45. The van der Waals surface area contributed by atoms with Crippen molar-refractivity contribution in [3.8, 4) is 23.0 Å². The first-order chi connectivity index (χ1) is 12.5. The van der Waals surface area contributed by atoms with E-state index in [1.807, 2.05) is 0 Å². The summed E-state index contributed by atoms with van der Waals surface area (Å²) < 4.78 is 33.3. The van der Waals surface area contributed by atoms with Crippen molar-refractivity contribution < 1.29 is 33.1 Å². The fourth-order valence-corrected chi connectivity index (χ4v) is 3.45. The summed E-state index contributed by atoms with van der Waals surface area (Å²) in [5, 5.41) is 0. The molecule has 26 heavy (non-hydrogen) atoms. The van der Waals surface area contributed by atoms with Crippen LogP contribution in [0.5, 0.6) is 23.0 Å². The van der Waals surface area contributed by atoms with Crippen molar-refractivity contribution in [3.63, 3.8) is 0 Å². The van der Waals surface area contributed by atoms with Crippen molar-refractivity contribution in [2.24, 2.45) is 0 Å². The van der Waals surface area contributed by atoms with Crippen LogP contribution in [0.2, 0.25) is 0 Å². The summed E-state index contributed by atoms with van der Waals surface area (Å²) in [6.07, 6.45) is 0. The van der Waals surface area contributed by atoms with Gasteiger partial charge in [-0.2, -0.15) is 0 Å². The van der Waals surface area contributed by atoms with Crippen LogP contribution >= 0.6 is 7.80 Å². The molecule has 2 aromatic rings. The first-order valence-corrected chi connectivity index (χ1v) is 8.74. The number of rotatable bonds is 8. The van der Waals surface area contributed by atoms with Gasteiger partial charge >= 0.3 is 18.8 Å². The zero-order chi connectivity index (χ0) is 19.3. The molecule has 0 N–H and O–H groups in total. The number of ether oxygens (including phenoxy) is 4. The summed E-state index contributed by atoms with van der Waals surface area (Å²) in [5.74, 6) is 0.657. The summed E-state index contributed by atoms with van der Waals surface area (Å²) in [7, 11) is 2.47. The summed E-state index contributed by atoms with van der Waals surface area (Å²) in [6.45, 7) is 0. The molecule has 0 heterocycles. The van der Waals surface area contributed by atoms with Crippen molar-refractivity contribution in [2.75, 3.05) is 28.4 Å². The molecule has 0 aromatic heterocycles. The molecule has 0 aliphatic rings. The number of hydrogen-bond donors (Lipinski definition) is 0. The number of carbonyl (C=O) groups is 2. The fraction of sp³-hybridized carbons (Fsp3) is 0.222. The molecular formula is C18H18O7P+. The molecule has 0 aliphatic carbocycles. The lowest BCUT2D eigenvalue weighted by molar-refractivity contribution is 0.104. The normalized spacial score (nSPS) is 10.0.